The molecule has 0 radical (unpaired) electrons. The third kappa shape index (κ3) is 3.63. The van der Waals surface area contributed by atoms with Crippen molar-refractivity contribution in [1.29, 1.82) is 0 Å². The van der Waals surface area contributed by atoms with Gasteiger partial charge >= 0.3 is 0 Å². The summed E-state index contributed by atoms with van der Waals surface area (Å²) in [5, 5.41) is 13.3. The number of pyridine rings is 1. The molecule has 1 amide bonds. The molecule has 4 rings (SSSR count). The molecule has 0 saturated carbocycles. The fourth-order valence-electron chi connectivity index (χ4n) is 3.60. The molecule has 29 heavy (non-hydrogen) atoms. The number of hydrogen-bond acceptors (Lipinski definition) is 5. The van der Waals surface area contributed by atoms with E-state index in [-0.39, 0.29) is 5.91 Å². The van der Waals surface area contributed by atoms with Crippen molar-refractivity contribution >= 4 is 22.5 Å². The molecule has 0 spiro atoms. The fourth-order valence-corrected chi connectivity index (χ4v) is 3.60. The molecule has 7 heteroatoms. The van der Waals surface area contributed by atoms with Gasteiger partial charge in [0.25, 0.3) is 0 Å². The van der Waals surface area contributed by atoms with Crippen LogP contribution in [0, 0.1) is 6.92 Å². The summed E-state index contributed by atoms with van der Waals surface area (Å²) in [6, 6.07) is 16.0. The quantitative estimate of drug-likeness (QED) is 0.504. The Balaban J connectivity index is 1.76. The van der Waals surface area contributed by atoms with Crippen molar-refractivity contribution < 1.29 is 9.53 Å². The zero-order chi connectivity index (χ0) is 20.4. The average Bonchev–Trinajstić information content (AvgIpc) is 3.23. The average molecular weight is 389 g/mol. The molecule has 0 N–H and O–H groups in total. The SMILES string of the molecule is CCC(=O)N(Cc1ccccc1OC)Cc1cc2cc(C)ccc2n2nnnc12. The second-order valence-electron chi connectivity index (χ2n) is 7.06. The van der Waals surface area contributed by atoms with Crippen LogP contribution in [0.15, 0.2) is 48.5 Å². The first kappa shape index (κ1) is 18.9. The normalized spacial score (nSPS) is 11.1. The minimum atomic E-state index is 0.0610. The molecule has 0 atom stereocenters. The summed E-state index contributed by atoms with van der Waals surface area (Å²) in [6.07, 6.45) is 0.420. The van der Waals surface area contributed by atoms with Crippen LogP contribution in [-0.2, 0) is 17.9 Å². The van der Waals surface area contributed by atoms with Crippen molar-refractivity contribution in [1.82, 2.24) is 24.9 Å². The Hall–Kier alpha value is -3.48. The van der Waals surface area contributed by atoms with Crippen LogP contribution >= 0.6 is 0 Å². The van der Waals surface area contributed by atoms with Crippen LogP contribution in [-0.4, -0.2) is 38.0 Å². The molecule has 0 bridgehead atoms. The second kappa shape index (κ2) is 7.87. The monoisotopic (exact) mass is 389 g/mol. The lowest BCUT2D eigenvalue weighted by Gasteiger charge is -2.24. The molecule has 0 unspecified atom stereocenters. The van der Waals surface area contributed by atoms with Crippen LogP contribution < -0.4 is 4.74 Å². The Labute approximate surface area is 168 Å². The topological polar surface area (TPSA) is 72.6 Å². The van der Waals surface area contributed by atoms with Crippen LogP contribution in [0.5, 0.6) is 5.75 Å². The van der Waals surface area contributed by atoms with E-state index in [4.69, 9.17) is 4.74 Å². The molecule has 2 aromatic carbocycles. The van der Waals surface area contributed by atoms with E-state index in [9.17, 15) is 4.79 Å². The van der Waals surface area contributed by atoms with Gasteiger partial charge in [-0.05, 0) is 41.6 Å². The van der Waals surface area contributed by atoms with Crippen molar-refractivity contribution in [3.05, 3.63) is 65.2 Å². The Kier molecular flexibility index (Phi) is 5.12. The predicted molar refractivity (Wildman–Crippen MR) is 111 cm³/mol. The summed E-state index contributed by atoms with van der Waals surface area (Å²) in [7, 11) is 1.64. The molecule has 0 aliphatic carbocycles. The minimum Gasteiger partial charge on any atom is -0.496 e. The summed E-state index contributed by atoms with van der Waals surface area (Å²) in [5.41, 5.74) is 4.63. The number of amides is 1. The Morgan fingerprint density at radius 1 is 1.10 bits per heavy atom. The van der Waals surface area contributed by atoms with E-state index in [0.29, 0.717) is 25.2 Å². The van der Waals surface area contributed by atoms with Crippen LogP contribution in [0.1, 0.15) is 30.0 Å². The standard InChI is InChI=1S/C22H23N5O2/c1-4-21(28)26(13-16-7-5-6-8-20(16)29-3)14-18-12-17-11-15(2)9-10-19(17)27-22(18)23-24-25-27/h5-12H,4,13-14H2,1-3H3. The van der Waals surface area contributed by atoms with Gasteiger partial charge < -0.3 is 9.64 Å². The summed E-state index contributed by atoms with van der Waals surface area (Å²) in [6.45, 7) is 4.79. The molecular formula is C22H23N5O2. The first-order chi connectivity index (χ1) is 14.1. The first-order valence-corrected chi connectivity index (χ1v) is 9.60. The van der Waals surface area contributed by atoms with E-state index in [1.165, 1.54) is 0 Å². The Morgan fingerprint density at radius 2 is 1.90 bits per heavy atom. The molecule has 0 saturated heterocycles. The number of ether oxygens (including phenoxy) is 1. The maximum absolute atomic E-state index is 12.7. The number of hydrogen-bond donors (Lipinski definition) is 0. The van der Waals surface area contributed by atoms with Crippen LogP contribution in [0.2, 0.25) is 0 Å². The number of methoxy groups -OCH3 is 1. The van der Waals surface area contributed by atoms with Crippen LogP contribution in [0.3, 0.4) is 0 Å². The highest BCUT2D eigenvalue weighted by molar-refractivity contribution is 5.84. The van der Waals surface area contributed by atoms with E-state index >= 15 is 0 Å². The molecular weight excluding hydrogens is 366 g/mol. The van der Waals surface area contributed by atoms with Gasteiger partial charge in [-0.3, -0.25) is 4.79 Å². The van der Waals surface area contributed by atoms with Gasteiger partial charge in [0.1, 0.15) is 5.75 Å². The number of rotatable bonds is 6. The number of fused-ring (bicyclic) bond motifs is 3. The molecule has 0 fully saturated rings. The third-order valence-corrected chi connectivity index (χ3v) is 5.07. The maximum Gasteiger partial charge on any atom is 0.222 e. The van der Waals surface area contributed by atoms with Gasteiger partial charge in [-0.25, -0.2) is 0 Å². The molecule has 0 aliphatic heterocycles. The van der Waals surface area contributed by atoms with Crippen molar-refractivity contribution in [2.24, 2.45) is 0 Å². The lowest BCUT2D eigenvalue weighted by molar-refractivity contribution is -0.132. The highest BCUT2D eigenvalue weighted by Crippen LogP contribution is 2.24. The minimum absolute atomic E-state index is 0.0610. The van der Waals surface area contributed by atoms with Crippen LogP contribution in [0.4, 0.5) is 0 Å². The third-order valence-electron chi connectivity index (χ3n) is 5.07. The highest BCUT2D eigenvalue weighted by Gasteiger charge is 2.18. The van der Waals surface area contributed by atoms with Gasteiger partial charge in [0.15, 0.2) is 5.65 Å². The Bertz CT molecular complexity index is 1180. The number of carbonyl (C=O) groups is 1. The molecule has 2 aromatic heterocycles. The van der Waals surface area contributed by atoms with Gasteiger partial charge in [0.2, 0.25) is 5.91 Å². The number of tetrazole rings is 1. The fraction of sp³-hybridized carbons (Fsp3) is 0.273. The van der Waals surface area contributed by atoms with E-state index in [1.54, 1.807) is 11.6 Å². The molecule has 7 nitrogen and oxygen atoms in total. The number of aromatic nitrogens is 4. The van der Waals surface area contributed by atoms with E-state index in [0.717, 1.165) is 33.3 Å². The number of para-hydroxylation sites is 1. The van der Waals surface area contributed by atoms with Gasteiger partial charge in [-0.1, -0.05) is 36.8 Å². The van der Waals surface area contributed by atoms with Crippen LogP contribution in [0.25, 0.3) is 16.6 Å². The molecule has 0 aliphatic rings. The summed E-state index contributed by atoms with van der Waals surface area (Å²) in [5.74, 6) is 0.829. The predicted octanol–water partition coefficient (Wildman–Crippen LogP) is 3.53. The molecule has 148 valence electrons. The number of benzene rings is 2. The smallest absolute Gasteiger partial charge is 0.222 e. The summed E-state index contributed by atoms with van der Waals surface area (Å²) < 4.78 is 7.20. The van der Waals surface area contributed by atoms with E-state index in [2.05, 4.69) is 34.6 Å². The molecule has 4 aromatic rings. The second-order valence-corrected chi connectivity index (χ2v) is 7.06. The lowest BCUT2D eigenvalue weighted by Crippen LogP contribution is -2.29. The molecule has 2 heterocycles. The first-order valence-electron chi connectivity index (χ1n) is 9.60. The van der Waals surface area contributed by atoms with E-state index < -0.39 is 0 Å². The van der Waals surface area contributed by atoms with Crippen molar-refractivity contribution in [2.75, 3.05) is 7.11 Å². The lowest BCUT2D eigenvalue weighted by atomic mass is 10.1. The summed E-state index contributed by atoms with van der Waals surface area (Å²) in [4.78, 5) is 14.6. The largest absolute Gasteiger partial charge is 0.496 e. The van der Waals surface area contributed by atoms with Gasteiger partial charge in [0, 0.05) is 36.0 Å². The van der Waals surface area contributed by atoms with E-state index in [1.807, 2.05) is 48.2 Å². The zero-order valence-electron chi connectivity index (χ0n) is 16.8. The van der Waals surface area contributed by atoms with Crippen molar-refractivity contribution in [3.8, 4) is 5.75 Å². The van der Waals surface area contributed by atoms with Gasteiger partial charge in [-0.15, -0.1) is 5.10 Å². The summed E-state index contributed by atoms with van der Waals surface area (Å²) >= 11 is 0. The Morgan fingerprint density at radius 3 is 2.69 bits per heavy atom. The van der Waals surface area contributed by atoms with Crippen molar-refractivity contribution in [2.45, 2.75) is 33.4 Å². The number of carbonyl (C=O) groups excluding carboxylic acids is 1. The number of nitrogens with zero attached hydrogens (tertiary/aromatic N) is 5. The maximum atomic E-state index is 12.7. The van der Waals surface area contributed by atoms with Gasteiger partial charge in [0.05, 0.1) is 12.6 Å². The van der Waals surface area contributed by atoms with Crippen molar-refractivity contribution in [3.63, 3.8) is 0 Å². The number of aryl methyl sites for hydroxylation is 1. The highest BCUT2D eigenvalue weighted by atomic mass is 16.5. The van der Waals surface area contributed by atoms with Gasteiger partial charge in [-0.2, -0.15) is 4.52 Å². The zero-order valence-corrected chi connectivity index (χ0v) is 16.8.